The zero-order valence-electron chi connectivity index (χ0n) is 13.0. The fourth-order valence-electron chi connectivity index (χ4n) is 2.56. The molecule has 0 aliphatic carbocycles. The van der Waals surface area contributed by atoms with Gasteiger partial charge in [0.05, 0.1) is 6.10 Å². The first kappa shape index (κ1) is 15.9. The molecular weight excluding hydrogens is 312 g/mol. The molecule has 1 aromatic carbocycles. The fourth-order valence-corrected chi connectivity index (χ4v) is 3.24. The van der Waals surface area contributed by atoms with Crippen LogP contribution >= 0.6 is 11.3 Å². The Kier molecular flexibility index (Phi) is 4.88. The fraction of sp³-hybridized carbons (Fsp3) is 0.438. The molecule has 1 aliphatic heterocycles. The Hall–Kier alpha value is -1.99. The van der Waals surface area contributed by atoms with Gasteiger partial charge in [-0.25, -0.2) is 0 Å². The molecule has 2 N–H and O–H groups in total. The first-order chi connectivity index (χ1) is 11.2. The SMILES string of the molecule is CCc1nnc(NC(=O)c2ccc(N3CCC(O)CC3)cc2)s1. The molecule has 1 amide bonds. The minimum absolute atomic E-state index is 0.176. The number of anilines is 2. The van der Waals surface area contributed by atoms with E-state index in [0.717, 1.165) is 43.0 Å². The van der Waals surface area contributed by atoms with Crippen LogP contribution in [0.25, 0.3) is 0 Å². The molecule has 7 heteroatoms. The quantitative estimate of drug-likeness (QED) is 0.898. The van der Waals surface area contributed by atoms with Crippen molar-refractivity contribution in [2.45, 2.75) is 32.3 Å². The number of carbonyl (C=O) groups excluding carboxylic acids is 1. The van der Waals surface area contributed by atoms with E-state index in [2.05, 4.69) is 20.4 Å². The highest BCUT2D eigenvalue weighted by atomic mass is 32.1. The van der Waals surface area contributed by atoms with Crippen molar-refractivity contribution >= 4 is 28.1 Å². The molecule has 2 heterocycles. The molecule has 2 aromatic rings. The van der Waals surface area contributed by atoms with Crippen LogP contribution in [-0.4, -0.2) is 40.4 Å². The molecule has 0 spiro atoms. The van der Waals surface area contributed by atoms with Gasteiger partial charge >= 0.3 is 0 Å². The van der Waals surface area contributed by atoms with Crippen LogP contribution in [0.4, 0.5) is 10.8 Å². The normalized spacial score (nSPS) is 15.7. The summed E-state index contributed by atoms with van der Waals surface area (Å²) in [5.41, 5.74) is 1.68. The molecule has 1 aliphatic rings. The maximum absolute atomic E-state index is 12.2. The second kappa shape index (κ2) is 7.06. The summed E-state index contributed by atoms with van der Waals surface area (Å²) in [5, 5.41) is 21.7. The largest absolute Gasteiger partial charge is 0.393 e. The van der Waals surface area contributed by atoms with E-state index < -0.39 is 0 Å². The van der Waals surface area contributed by atoms with E-state index in [1.54, 1.807) is 0 Å². The Labute approximate surface area is 139 Å². The number of aliphatic hydroxyl groups excluding tert-OH is 1. The smallest absolute Gasteiger partial charge is 0.257 e. The van der Waals surface area contributed by atoms with Gasteiger partial charge in [-0.3, -0.25) is 10.1 Å². The molecule has 1 aromatic heterocycles. The van der Waals surface area contributed by atoms with Gasteiger partial charge < -0.3 is 10.0 Å². The number of nitrogens with one attached hydrogen (secondary N) is 1. The van der Waals surface area contributed by atoms with Crippen molar-refractivity contribution in [1.29, 1.82) is 0 Å². The number of nitrogens with zero attached hydrogens (tertiary/aromatic N) is 3. The molecule has 0 bridgehead atoms. The maximum Gasteiger partial charge on any atom is 0.257 e. The van der Waals surface area contributed by atoms with Gasteiger partial charge in [0.25, 0.3) is 5.91 Å². The lowest BCUT2D eigenvalue weighted by atomic mass is 10.1. The van der Waals surface area contributed by atoms with Crippen molar-refractivity contribution in [3.05, 3.63) is 34.8 Å². The number of carbonyl (C=O) groups is 1. The first-order valence-corrected chi connectivity index (χ1v) is 8.64. The van der Waals surface area contributed by atoms with E-state index >= 15 is 0 Å². The molecule has 3 rings (SSSR count). The number of aliphatic hydroxyl groups is 1. The first-order valence-electron chi connectivity index (χ1n) is 7.82. The van der Waals surface area contributed by atoms with Gasteiger partial charge in [-0.15, -0.1) is 10.2 Å². The third-order valence-corrected chi connectivity index (χ3v) is 4.93. The standard InChI is InChI=1S/C16H20N4O2S/c1-2-14-18-19-16(23-14)17-15(22)11-3-5-12(6-4-11)20-9-7-13(21)8-10-20/h3-6,13,21H,2,7-10H2,1H3,(H,17,19,22). The van der Waals surface area contributed by atoms with Gasteiger partial charge in [-0.1, -0.05) is 18.3 Å². The molecular formula is C16H20N4O2S. The number of piperidine rings is 1. The molecule has 0 radical (unpaired) electrons. The van der Waals surface area contributed by atoms with Gasteiger partial charge in [0.15, 0.2) is 0 Å². The van der Waals surface area contributed by atoms with Crippen LogP contribution in [-0.2, 0) is 6.42 Å². The predicted octanol–water partition coefficient (Wildman–Crippen LogP) is 2.31. The second-order valence-corrected chi connectivity index (χ2v) is 6.64. The minimum atomic E-state index is -0.184. The van der Waals surface area contributed by atoms with Crippen LogP contribution in [0.3, 0.4) is 0 Å². The lowest BCUT2D eigenvalue weighted by Gasteiger charge is -2.31. The number of aromatic nitrogens is 2. The highest BCUT2D eigenvalue weighted by Gasteiger charge is 2.17. The summed E-state index contributed by atoms with van der Waals surface area (Å²) < 4.78 is 0. The summed E-state index contributed by atoms with van der Waals surface area (Å²) >= 11 is 1.40. The Bertz CT molecular complexity index is 663. The van der Waals surface area contributed by atoms with Crippen molar-refractivity contribution < 1.29 is 9.90 Å². The van der Waals surface area contributed by atoms with Crippen LogP contribution in [0.15, 0.2) is 24.3 Å². The van der Waals surface area contributed by atoms with Crippen molar-refractivity contribution in [3.63, 3.8) is 0 Å². The lowest BCUT2D eigenvalue weighted by Crippen LogP contribution is -2.35. The van der Waals surface area contributed by atoms with E-state index in [1.165, 1.54) is 11.3 Å². The van der Waals surface area contributed by atoms with Gasteiger partial charge in [-0.2, -0.15) is 0 Å². The summed E-state index contributed by atoms with van der Waals surface area (Å²) in [4.78, 5) is 14.5. The topological polar surface area (TPSA) is 78.4 Å². The number of amides is 1. The number of hydrogen-bond donors (Lipinski definition) is 2. The maximum atomic E-state index is 12.2. The number of hydrogen-bond acceptors (Lipinski definition) is 6. The molecule has 0 saturated carbocycles. The van der Waals surface area contributed by atoms with Gasteiger partial charge in [0.2, 0.25) is 5.13 Å². The summed E-state index contributed by atoms with van der Waals surface area (Å²) in [6, 6.07) is 7.53. The summed E-state index contributed by atoms with van der Waals surface area (Å²) in [6.07, 6.45) is 2.21. The van der Waals surface area contributed by atoms with Crippen molar-refractivity contribution in [2.24, 2.45) is 0 Å². The zero-order chi connectivity index (χ0) is 16.2. The average Bonchev–Trinajstić information content (AvgIpc) is 3.03. The average molecular weight is 332 g/mol. The Morgan fingerprint density at radius 2 is 2.00 bits per heavy atom. The third kappa shape index (κ3) is 3.86. The Morgan fingerprint density at radius 1 is 1.30 bits per heavy atom. The van der Waals surface area contributed by atoms with E-state index in [-0.39, 0.29) is 12.0 Å². The van der Waals surface area contributed by atoms with Gasteiger partial charge in [0, 0.05) is 24.3 Å². The minimum Gasteiger partial charge on any atom is -0.393 e. The number of benzene rings is 1. The van der Waals surface area contributed by atoms with E-state index in [1.807, 2.05) is 31.2 Å². The molecule has 0 unspecified atom stereocenters. The van der Waals surface area contributed by atoms with E-state index in [0.29, 0.717) is 10.7 Å². The van der Waals surface area contributed by atoms with Gasteiger partial charge in [0.1, 0.15) is 5.01 Å². The molecule has 23 heavy (non-hydrogen) atoms. The zero-order valence-corrected chi connectivity index (χ0v) is 13.8. The number of aryl methyl sites for hydroxylation is 1. The third-order valence-electron chi connectivity index (χ3n) is 3.95. The molecule has 1 fully saturated rings. The summed E-state index contributed by atoms with van der Waals surface area (Å²) in [7, 11) is 0. The summed E-state index contributed by atoms with van der Waals surface area (Å²) in [6.45, 7) is 3.69. The highest BCUT2D eigenvalue weighted by Crippen LogP contribution is 2.21. The predicted molar refractivity (Wildman–Crippen MR) is 91.1 cm³/mol. The molecule has 1 saturated heterocycles. The Morgan fingerprint density at radius 3 is 2.61 bits per heavy atom. The number of rotatable bonds is 4. The van der Waals surface area contributed by atoms with Crippen molar-refractivity contribution in [2.75, 3.05) is 23.3 Å². The van der Waals surface area contributed by atoms with Crippen molar-refractivity contribution in [3.8, 4) is 0 Å². The van der Waals surface area contributed by atoms with Crippen LogP contribution in [0.2, 0.25) is 0 Å². The van der Waals surface area contributed by atoms with Crippen LogP contribution < -0.4 is 10.2 Å². The molecule has 6 nitrogen and oxygen atoms in total. The monoisotopic (exact) mass is 332 g/mol. The van der Waals surface area contributed by atoms with Gasteiger partial charge in [-0.05, 0) is 43.5 Å². The van der Waals surface area contributed by atoms with E-state index in [9.17, 15) is 9.90 Å². The van der Waals surface area contributed by atoms with E-state index in [4.69, 9.17) is 0 Å². The Balaban J connectivity index is 1.63. The van der Waals surface area contributed by atoms with Crippen LogP contribution in [0.5, 0.6) is 0 Å². The van der Waals surface area contributed by atoms with Crippen LogP contribution in [0, 0.1) is 0 Å². The molecule has 122 valence electrons. The molecule has 0 atom stereocenters. The summed E-state index contributed by atoms with van der Waals surface area (Å²) in [5.74, 6) is -0.176. The second-order valence-electron chi connectivity index (χ2n) is 5.57. The van der Waals surface area contributed by atoms with Crippen LogP contribution in [0.1, 0.15) is 35.1 Å². The lowest BCUT2D eigenvalue weighted by molar-refractivity contribution is 0.102. The van der Waals surface area contributed by atoms with Crippen molar-refractivity contribution in [1.82, 2.24) is 10.2 Å². The highest BCUT2D eigenvalue weighted by molar-refractivity contribution is 7.15.